The van der Waals surface area contributed by atoms with Crippen molar-refractivity contribution in [2.75, 3.05) is 6.54 Å². The van der Waals surface area contributed by atoms with Crippen molar-refractivity contribution in [2.45, 2.75) is 26.2 Å². The minimum Gasteiger partial charge on any atom is -0.481 e. The van der Waals surface area contributed by atoms with Gasteiger partial charge in [-0.2, -0.15) is 0 Å². The molecule has 5 N–H and O–H groups in total. The van der Waals surface area contributed by atoms with Gasteiger partial charge >= 0.3 is 5.97 Å². The van der Waals surface area contributed by atoms with E-state index >= 15 is 0 Å². The standard InChI is InChI=1S/C8H17N3O2.2ClH/c1-2-3-4-6(7(12)13)5-11-8(9)10;;/h6H,2-5H2,1H3,(H,12,13)(H4,9,10,11);2*1H. The monoisotopic (exact) mass is 259 g/mol. The largest absolute Gasteiger partial charge is 0.481 e. The van der Waals surface area contributed by atoms with Crippen molar-refractivity contribution in [3.63, 3.8) is 0 Å². The van der Waals surface area contributed by atoms with Gasteiger partial charge < -0.3 is 16.2 Å². The van der Waals surface area contributed by atoms with Gasteiger partial charge in [0.15, 0.2) is 5.96 Å². The number of hydrogen-bond donors (Lipinski definition) is 4. The molecule has 0 fully saturated rings. The molecule has 5 nitrogen and oxygen atoms in total. The molecule has 1 atom stereocenters. The molecule has 0 saturated heterocycles. The Morgan fingerprint density at radius 2 is 2.07 bits per heavy atom. The summed E-state index contributed by atoms with van der Waals surface area (Å²) in [7, 11) is 0. The molecule has 0 saturated carbocycles. The molecule has 0 spiro atoms. The number of nitrogens with one attached hydrogen (secondary N) is 2. The lowest BCUT2D eigenvalue weighted by Gasteiger charge is -2.12. The number of carboxylic acid groups (broad SMARTS) is 1. The van der Waals surface area contributed by atoms with Gasteiger partial charge in [-0.25, -0.2) is 0 Å². The van der Waals surface area contributed by atoms with E-state index in [-0.39, 0.29) is 37.3 Å². The Morgan fingerprint density at radius 3 is 2.40 bits per heavy atom. The Labute approximate surface area is 102 Å². The highest BCUT2D eigenvalue weighted by Crippen LogP contribution is 2.07. The highest BCUT2D eigenvalue weighted by molar-refractivity contribution is 5.85. The number of hydrogen-bond acceptors (Lipinski definition) is 2. The van der Waals surface area contributed by atoms with Crippen LogP contribution >= 0.6 is 24.8 Å². The van der Waals surface area contributed by atoms with Crippen molar-refractivity contribution in [1.82, 2.24) is 5.32 Å². The molecule has 0 aliphatic rings. The van der Waals surface area contributed by atoms with Crippen molar-refractivity contribution in [2.24, 2.45) is 11.7 Å². The number of rotatable bonds is 6. The molecule has 0 amide bonds. The van der Waals surface area contributed by atoms with Crippen LogP contribution in [-0.2, 0) is 4.79 Å². The summed E-state index contributed by atoms with van der Waals surface area (Å²) in [6, 6.07) is 0. The van der Waals surface area contributed by atoms with E-state index in [2.05, 4.69) is 5.32 Å². The van der Waals surface area contributed by atoms with E-state index in [0.29, 0.717) is 6.42 Å². The second kappa shape index (κ2) is 11.4. The summed E-state index contributed by atoms with van der Waals surface area (Å²) in [6.45, 7) is 2.25. The minimum atomic E-state index is -0.831. The fourth-order valence-electron chi connectivity index (χ4n) is 0.997. The van der Waals surface area contributed by atoms with Crippen molar-refractivity contribution < 1.29 is 9.90 Å². The zero-order valence-corrected chi connectivity index (χ0v) is 10.3. The Bertz CT molecular complexity index is 191. The normalized spacial score (nSPS) is 10.5. The maximum atomic E-state index is 10.7. The molecule has 0 aliphatic carbocycles. The minimum absolute atomic E-state index is 0. The third-order valence-electron chi connectivity index (χ3n) is 1.79. The van der Waals surface area contributed by atoms with Gasteiger partial charge in [-0.3, -0.25) is 10.2 Å². The summed E-state index contributed by atoms with van der Waals surface area (Å²) < 4.78 is 0. The second-order valence-corrected chi connectivity index (χ2v) is 2.97. The third-order valence-corrected chi connectivity index (χ3v) is 1.79. The maximum absolute atomic E-state index is 10.7. The molecule has 0 bridgehead atoms. The predicted octanol–water partition coefficient (Wildman–Crippen LogP) is 1.20. The Kier molecular flexibility index (Phi) is 15.1. The average Bonchev–Trinajstić information content (AvgIpc) is 2.03. The quantitative estimate of drug-likeness (QED) is 0.426. The van der Waals surface area contributed by atoms with Crippen LogP contribution in [0.3, 0.4) is 0 Å². The number of halogens is 2. The zero-order valence-electron chi connectivity index (χ0n) is 8.66. The van der Waals surface area contributed by atoms with E-state index < -0.39 is 11.9 Å². The first kappa shape index (κ1) is 19.8. The van der Waals surface area contributed by atoms with Gasteiger partial charge in [0.2, 0.25) is 0 Å². The van der Waals surface area contributed by atoms with Gasteiger partial charge in [0.1, 0.15) is 0 Å². The molecule has 1 unspecified atom stereocenters. The SMILES string of the molecule is CCCCC(CNC(=N)N)C(=O)O.Cl.Cl. The van der Waals surface area contributed by atoms with E-state index in [1.165, 1.54) is 0 Å². The lowest BCUT2D eigenvalue weighted by atomic mass is 10.0. The average molecular weight is 260 g/mol. The molecule has 0 radical (unpaired) electrons. The summed E-state index contributed by atoms with van der Waals surface area (Å²) in [5.74, 6) is -1.45. The van der Waals surface area contributed by atoms with Gasteiger partial charge in [-0.05, 0) is 6.42 Å². The Balaban J connectivity index is -0.000000720. The van der Waals surface area contributed by atoms with Gasteiger partial charge in [-0.15, -0.1) is 24.8 Å². The smallest absolute Gasteiger partial charge is 0.308 e. The predicted molar refractivity (Wildman–Crippen MR) is 65.1 cm³/mol. The highest BCUT2D eigenvalue weighted by Gasteiger charge is 2.16. The molecule has 0 aromatic carbocycles. The number of unbranched alkanes of at least 4 members (excludes halogenated alkanes) is 1. The van der Waals surface area contributed by atoms with Crippen molar-refractivity contribution in [1.29, 1.82) is 5.41 Å². The van der Waals surface area contributed by atoms with Crippen molar-refractivity contribution in [3.8, 4) is 0 Å². The van der Waals surface area contributed by atoms with Crippen LogP contribution < -0.4 is 11.1 Å². The van der Waals surface area contributed by atoms with Crippen LogP contribution in [0.2, 0.25) is 0 Å². The summed E-state index contributed by atoms with van der Waals surface area (Å²) in [4.78, 5) is 10.7. The van der Waals surface area contributed by atoms with E-state index in [1.807, 2.05) is 6.92 Å². The van der Waals surface area contributed by atoms with E-state index in [0.717, 1.165) is 12.8 Å². The molecule has 7 heteroatoms. The summed E-state index contributed by atoms with van der Waals surface area (Å²) in [6.07, 6.45) is 2.49. The molecule has 0 aliphatic heterocycles. The van der Waals surface area contributed by atoms with Gasteiger partial charge in [-0.1, -0.05) is 19.8 Å². The lowest BCUT2D eigenvalue weighted by molar-refractivity contribution is -0.141. The topological polar surface area (TPSA) is 99.2 Å². The highest BCUT2D eigenvalue weighted by atomic mass is 35.5. The van der Waals surface area contributed by atoms with Crippen LogP contribution in [0.4, 0.5) is 0 Å². The Hall–Kier alpha value is -0.680. The molecule has 0 rings (SSSR count). The number of aliphatic carboxylic acids is 1. The van der Waals surface area contributed by atoms with Gasteiger partial charge in [0.25, 0.3) is 0 Å². The van der Waals surface area contributed by atoms with Gasteiger partial charge in [0, 0.05) is 6.54 Å². The molecule has 15 heavy (non-hydrogen) atoms. The van der Waals surface area contributed by atoms with Crippen LogP contribution in [0.1, 0.15) is 26.2 Å². The van der Waals surface area contributed by atoms with Crippen LogP contribution in [0.15, 0.2) is 0 Å². The van der Waals surface area contributed by atoms with Crippen LogP contribution in [-0.4, -0.2) is 23.6 Å². The molecule has 0 aromatic rings. The number of carbonyl (C=O) groups is 1. The van der Waals surface area contributed by atoms with Crippen LogP contribution in [0, 0.1) is 11.3 Å². The molecule has 0 heterocycles. The number of carboxylic acids is 1. The summed E-state index contributed by atoms with van der Waals surface area (Å²) >= 11 is 0. The molecule has 92 valence electrons. The van der Waals surface area contributed by atoms with E-state index in [4.69, 9.17) is 16.2 Å². The maximum Gasteiger partial charge on any atom is 0.308 e. The van der Waals surface area contributed by atoms with E-state index in [9.17, 15) is 4.79 Å². The van der Waals surface area contributed by atoms with E-state index in [1.54, 1.807) is 0 Å². The summed E-state index contributed by atoms with van der Waals surface area (Å²) in [5.41, 5.74) is 5.05. The second-order valence-electron chi connectivity index (χ2n) is 2.97. The number of nitrogens with two attached hydrogens (primary N) is 1. The third kappa shape index (κ3) is 11.2. The fourth-order valence-corrected chi connectivity index (χ4v) is 0.997. The van der Waals surface area contributed by atoms with Crippen molar-refractivity contribution >= 4 is 36.7 Å². The zero-order chi connectivity index (χ0) is 10.3. The first-order valence-corrected chi connectivity index (χ1v) is 4.38. The van der Waals surface area contributed by atoms with Gasteiger partial charge in [0.05, 0.1) is 5.92 Å². The van der Waals surface area contributed by atoms with Crippen molar-refractivity contribution in [3.05, 3.63) is 0 Å². The fraction of sp³-hybridized carbons (Fsp3) is 0.750. The van der Waals surface area contributed by atoms with Crippen LogP contribution in [0.25, 0.3) is 0 Å². The first-order chi connectivity index (χ1) is 6.07. The molecular weight excluding hydrogens is 241 g/mol. The summed E-state index contributed by atoms with van der Waals surface area (Å²) in [5, 5.41) is 18.2. The first-order valence-electron chi connectivity index (χ1n) is 4.38. The number of guanidine groups is 1. The lowest BCUT2D eigenvalue weighted by Crippen LogP contribution is -2.36. The Morgan fingerprint density at radius 1 is 1.53 bits per heavy atom. The molecular formula is C8H19Cl2N3O2. The molecule has 0 aromatic heterocycles. The van der Waals surface area contributed by atoms with Crippen LogP contribution in [0.5, 0.6) is 0 Å².